The molecule has 1 aliphatic heterocycles. The van der Waals surface area contributed by atoms with Crippen LogP contribution in [0.3, 0.4) is 0 Å². The Bertz CT molecular complexity index is 611. The van der Waals surface area contributed by atoms with Crippen molar-refractivity contribution in [1.82, 2.24) is 4.90 Å². The van der Waals surface area contributed by atoms with E-state index in [0.717, 1.165) is 24.8 Å². The molecular formula is C18H21NO4. The van der Waals surface area contributed by atoms with Gasteiger partial charge in [-0.2, -0.15) is 0 Å². The zero-order valence-electron chi connectivity index (χ0n) is 13.0. The summed E-state index contributed by atoms with van der Waals surface area (Å²) in [5.41, 5.74) is 2.07. The molecule has 1 amide bonds. The third kappa shape index (κ3) is 3.55. The Balaban J connectivity index is 1.69. The van der Waals surface area contributed by atoms with Crippen molar-refractivity contribution in [2.45, 2.75) is 38.3 Å². The Labute approximate surface area is 135 Å². The number of allylic oxidation sites excluding steroid dienone is 1. The number of carboxylic acid groups (broad SMARTS) is 1. The van der Waals surface area contributed by atoms with Crippen LogP contribution in [0.15, 0.2) is 42.0 Å². The zero-order chi connectivity index (χ0) is 16.2. The van der Waals surface area contributed by atoms with Crippen molar-refractivity contribution in [3.63, 3.8) is 0 Å². The van der Waals surface area contributed by atoms with Gasteiger partial charge in [0.2, 0.25) is 0 Å². The van der Waals surface area contributed by atoms with Crippen molar-refractivity contribution in [2.24, 2.45) is 5.92 Å². The van der Waals surface area contributed by atoms with Crippen LogP contribution in [-0.4, -0.2) is 34.7 Å². The molecule has 1 aliphatic carbocycles. The quantitative estimate of drug-likeness (QED) is 0.870. The summed E-state index contributed by atoms with van der Waals surface area (Å²) in [5.74, 6) is -0.658. The number of nitrogens with zero attached hydrogens (tertiary/aromatic N) is 1. The van der Waals surface area contributed by atoms with Gasteiger partial charge in [0.05, 0.1) is 0 Å². The van der Waals surface area contributed by atoms with Gasteiger partial charge in [0, 0.05) is 6.54 Å². The molecular weight excluding hydrogens is 294 g/mol. The number of piperidine rings is 1. The summed E-state index contributed by atoms with van der Waals surface area (Å²) in [6, 6.07) is 8.60. The molecule has 1 aromatic carbocycles. The number of rotatable bonds is 3. The molecule has 0 radical (unpaired) electrons. The highest BCUT2D eigenvalue weighted by Gasteiger charge is 2.39. The fourth-order valence-electron chi connectivity index (χ4n) is 3.40. The molecule has 1 saturated heterocycles. The highest BCUT2D eigenvalue weighted by atomic mass is 16.6. The fourth-order valence-corrected chi connectivity index (χ4v) is 3.40. The topological polar surface area (TPSA) is 66.8 Å². The van der Waals surface area contributed by atoms with Crippen molar-refractivity contribution >= 4 is 12.1 Å². The number of hydrogen-bond acceptors (Lipinski definition) is 3. The van der Waals surface area contributed by atoms with Crippen molar-refractivity contribution in [3.8, 4) is 0 Å². The van der Waals surface area contributed by atoms with E-state index in [2.05, 4.69) is 6.08 Å². The maximum Gasteiger partial charge on any atom is 0.411 e. The van der Waals surface area contributed by atoms with Gasteiger partial charge in [0.25, 0.3) is 0 Å². The number of carbonyl (C=O) groups is 2. The highest BCUT2D eigenvalue weighted by Crippen LogP contribution is 2.35. The van der Waals surface area contributed by atoms with Gasteiger partial charge in [-0.15, -0.1) is 0 Å². The summed E-state index contributed by atoms with van der Waals surface area (Å²) in [6.07, 6.45) is 5.22. The molecule has 1 aromatic rings. The molecule has 5 nitrogen and oxygen atoms in total. The van der Waals surface area contributed by atoms with Gasteiger partial charge in [-0.1, -0.05) is 42.0 Å². The lowest BCUT2D eigenvalue weighted by molar-refractivity contribution is -0.144. The molecule has 0 spiro atoms. The third-order valence-electron chi connectivity index (χ3n) is 4.65. The Morgan fingerprint density at radius 2 is 2.04 bits per heavy atom. The monoisotopic (exact) mass is 315 g/mol. The van der Waals surface area contributed by atoms with Crippen LogP contribution < -0.4 is 0 Å². The molecule has 122 valence electrons. The van der Waals surface area contributed by atoms with Crippen LogP contribution in [0, 0.1) is 5.92 Å². The van der Waals surface area contributed by atoms with E-state index < -0.39 is 18.1 Å². The molecule has 0 aromatic heterocycles. The third-order valence-corrected chi connectivity index (χ3v) is 4.65. The van der Waals surface area contributed by atoms with Gasteiger partial charge < -0.3 is 9.84 Å². The Morgan fingerprint density at radius 1 is 1.26 bits per heavy atom. The minimum absolute atomic E-state index is 0.158. The molecule has 23 heavy (non-hydrogen) atoms. The van der Waals surface area contributed by atoms with Gasteiger partial charge >= 0.3 is 12.1 Å². The van der Waals surface area contributed by atoms with Crippen LogP contribution in [0.2, 0.25) is 0 Å². The molecule has 2 aliphatic rings. The number of ether oxygens (including phenoxy) is 1. The molecule has 5 heteroatoms. The van der Waals surface area contributed by atoms with E-state index in [1.165, 1.54) is 10.5 Å². The number of fused-ring (bicyclic) bond motifs is 1. The summed E-state index contributed by atoms with van der Waals surface area (Å²) in [7, 11) is 0. The molecule has 1 heterocycles. The van der Waals surface area contributed by atoms with Gasteiger partial charge in [-0.3, -0.25) is 4.90 Å². The van der Waals surface area contributed by atoms with Crippen LogP contribution in [0.1, 0.15) is 31.2 Å². The summed E-state index contributed by atoms with van der Waals surface area (Å²) in [4.78, 5) is 25.3. The number of hydrogen-bond donors (Lipinski definition) is 1. The van der Waals surface area contributed by atoms with E-state index in [-0.39, 0.29) is 6.61 Å². The summed E-state index contributed by atoms with van der Waals surface area (Å²) in [5, 5.41) is 9.46. The van der Waals surface area contributed by atoms with Crippen molar-refractivity contribution in [1.29, 1.82) is 0 Å². The first-order valence-corrected chi connectivity index (χ1v) is 8.04. The van der Waals surface area contributed by atoms with Gasteiger partial charge in [0.1, 0.15) is 12.6 Å². The maximum atomic E-state index is 12.4. The fraction of sp³-hybridized carbons (Fsp3) is 0.444. The van der Waals surface area contributed by atoms with Crippen molar-refractivity contribution in [2.75, 3.05) is 6.54 Å². The molecule has 2 atom stereocenters. The van der Waals surface area contributed by atoms with Gasteiger partial charge in [-0.05, 0) is 37.2 Å². The Hall–Kier alpha value is -2.30. The lowest BCUT2D eigenvalue weighted by Crippen LogP contribution is -2.51. The van der Waals surface area contributed by atoms with E-state index in [0.29, 0.717) is 18.9 Å². The molecule has 0 saturated carbocycles. The molecule has 1 N–H and O–H groups in total. The van der Waals surface area contributed by atoms with Crippen LogP contribution >= 0.6 is 0 Å². The number of amides is 1. The van der Waals surface area contributed by atoms with Gasteiger partial charge in [0.15, 0.2) is 0 Å². The smallest absolute Gasteiger partial charge is 0.411 e. The lowest BCUT2D eigenvalue weighted by atomic mass is 9.79. The predicted octanol–water partition coefficient (Wildman–Crippen LogP) is 3.21. The number of likely N-dealkylation sites (tertiary alicyclic amines) is 1. The molecule has 3 rings (SSSR count). The van der Waals surface area contributed by atoms with Gasteiger partial charge in [-0.25, -0.2) is 9.59 Å². The largest absolute Gasteiger partial charge is 0.480 e. The standard InChI is InChI=1S/C18H21NO4/c20-17(21)16-10-14-8-4-5-9-15(14)11-19(16)18(22)23-12-13-6-2-1-3-7-13/h1-3,6-7,9,14,16H,4-5,8,10-12H2,(H,20,21). The first-order valence-electron chi connectivity index (χ1n) is 8.04. The van der Waals surface area contributed by atoms with Crippen LogP contribution in [0.5, 0.6) is 0 Å². The summed E-state index contributed by atoms with van der Waals surface area (Å²) >= 11 is 0. The van der Waals surface area contributed by atoms with E-state index in [1.807, 2.05) is 30.3 Å². The lowest BCUT2D eigenvalue weighted by Gasteiger charge is -2.39. The SMILES string of the molecule is O=C(O)C1CC2CCCC=C2CN1C(=O)OCc1ccccc1. The Morgan fingerprint density at radius 3 is 2.78 bits per heavy atom. The molecule has 0 bridgehead atoms. The van der Waals surface area contributed by atoms with Crippen LogP contribution in [0.4, 0.5) is 4.79 Å². The van der Waals surface area contributed by atoms with Crippen molar-refractivity contribution < 1.29 is 19.4 Å². The average Bonchev–Trinajstić information content (AvgIpc) is 2.59. The predicted molar refractivity (Wildman–Crippen MR) is 84.8 cm³/mol. The van der Waals surface area contributed by atoms with E-state index in [1.54, 1.807) is 0 Å². The molecule has 1 fully saturated rings. The number of aliphatic carboxylic acids is 1. The first-order chi connectivity index (χ1) is 11.1. The minimum atomic E-state index is -0.953. The summed E-state index contributed by atoms with van der Waals surface area (Å²) < 4.78 is 5.32. The highest BCUT2D eigenvalue weighted by molar-refractivity contribution is 5.80. The second kappa shape index (κ2) is 6.86. The number of benzene rings is 1. The zero-order valence-corrected chi connectivity index (χ0v) is 13.0. The second-order valence-corrected chi connectivity index (χ2v) is 6.16. The van der Waals surface area contributed by atoms with E-state index in [4.69, 9.17) is 4.74 Å². The Kier molecular flexibility index (Phi) is 4.65. The molecule has 2 unspecified atom stereocenters. The first kappa shape index (κ1) is 15.6. The van der Waals surface area contributed by atoms with Crippen molar-refractivity contribution in [3.05, 3.63) is 47.5 Å². The van der Waals surface area contributed by atoms with E-state index >= 15 is 0 Å². The number of carboxylic acids is 1. The summed E-state index contributed by atoms with van der Waals surface area (Å²) in [6.45, 7) is 0.528. The van der Waals surface area contributed by atoms with Crippen LogP contribution in [0.25, 0.3) is 0 Å². The van der Waals surface area contributed by atoms with Crippen LogP contribution in [-0.2, 0) is 16.1 Å². The maximum absolute atomic E-state index is 12.4. The number of carbonyl (C=O) groups excluding carboxylic acids is 1. The second-order valence-electron chi connectivity index (χ2n) is 6.16. The minimum Gasteiger partial charge on any atom is -0.480 e. The van der Waals surface area contributed by atoms with E-state index in [9.17, 15) is 14.7 Å². The average molecular weight is 315 g/mol. The normalized spacial score (nSPS) is 23.7.